The standard InChI is InChI=1S/C23H24Cl2FN5O2S/c1-4-31-21(20(13(2)3)28-22(33)14-5-10-17(24)18(25)11-14)29-30-23(31)34-12-19(32)27-16-8-6-15(26)7-9-16/h5-11,13,20H,4,12H2,1-3H3,(H,27,32)(H,28,33)/t20-/m0/s1. The van der Waals surface area contributed by atoms with Gasteiger partial charge in [-0.3, -0.25) is 9.59 Å². The van der Waals surface area contributed by atoms with Crippen LogP contribution in [-0.4, -0.2) is 32.3 Å². The van der Waals surface area contributed by atoms with Gasteiger partial charge < -0.3 is 15.2 Å². The summed E-state index contributed by atoms with van der Waals surface area (Å²) in [5.41, 5.74) is 0.893. The summed E-state index contributed by atoms with van der Waals surface area (Å²) in [6.07, 6.45) is 0. The summed E-state index contributed by atoms with van der Waals surface area (Å²) in [5, 5.41) is 15.5. The molecule has 3 rings (SSSR count). The number of nitrogens with zero attached hydrogens (tertiary/aromatic N) is 3. The maximum atomic E-state index is 13.0. The first-order chi connectivity index (χ1) is 16.2. The number of benzene rings is 2. The van der Waals surface area contributed by atoms with Crippen molar-refractivity contribution in [3.63, 3.8) is 0 Å². The van der Waals surface area contributed by atoms with Crippen LogP contribution in [0.1, 0.15) is 43.0 Å². The molecule has 0 aliphatic carbocycles. The monoisotopic (exact) mass is 523 g/mol. The third-order valence-corrected chi connectivity index (χ3v) is 6.64. The number of nitrogens with one attached hydrogen (secondary N) is 2. The Morgan fingerprint density at radius 2 is 1.79 bits per heavy atom. The first kappa shape index (κ1) is 26.0. The van der Waals surface area contributed by atoms with Gasteiger partial charge in [0.25, 0.3) is 5.91 Å². The SMILES string of the molecule is CCn1c(SCC(=O)Nc2ccc(F)cc2)nnc1[C@@H](NC(=O)c1ccc(Cl)c(Cl)c1)C(C)C. The zero-order valence-electron chi connectivity index (χ0n) is 18.8. The summed E-state index contributed by atoms with van der Waals surface area (Å²) in [6, 6.07) is 9.82. The zero-order valence-corrected chi connectivity index (χ0v) is 21.1. The van der Waals surface area contributed by atoms with Gasteiger partial charge in [0.1, 0.15) is 5.82 Å². The van der Waals surface area contributed by atoms with E-state index in [9.17, 15) is 14.0 Å². The average Bonchev–Trinajstić information content (AvgIpc) is 3.21. The second kappa shape index (κ2) is 11.7. The smallest absolute Gasteiger partial charge is 0.251 e. The normalized spacial score (nSPS) is 12.0. The van der Waals surface area contributed by atoms with Crippen molar-refractivity contribution in [1.82, 2.24) is 20.1 Å². The number of rotatable bonds is 9. The number of thioether (sulfide) groups is 1. The molecule has 0 spiro atoms. The lowest BCUT2D eigenvalue weighted by Crippen LogP contribution is -2.33. The van der Waals surface area contributed by atoms with Crippen LogP contribution in [0.3, 0.4) is 0 Å². The Balaban J connectivity index is 1.71. The van der Waals surface area contributed by atoms with Gasteiger partial charge in [0.05, 0.1) is 21.8 Å². The average molecular weight is 524 g/mol. The van der Waals surface area contributed by atoms with Crippen molar-refractivity contribution in [1.29, 1.82) is 0 Å². The lowest BCUT2D eigenvalue weighted by molar-refractivity contribution is -0.113. The molecule has 11 heteroatoms. The maximum Gasteiger partial charge on any atom is 0.251 e. The molecule has 0 aliphatic heterocycles. The Kier molecular flexibility index (Phi) is 8.93. The summed E-state index contributed by atoms with van der Waals surface area (Å²) in [5.74, 6) is -0.236. The van der Waals surface area contributed by atoms with Crippen LogP contribution >= 0.6 is 35.0 Å². The predicted octanol–water partition coefficient (Wildman–Crippen LogP) is 5.60. The molecule has 0 radical (unpaired) electrons. The van der Waals surface area contributed by atoms with Crippen molar-refractivity contribution in [3.8, 4) is 0 Å². The van der Waals surface area contributed by atoms with Gasteiger partial charge in [0.15, 0.2) is 11.0 Å². The number of halogens is 3. The summed E-state index contributed by atoms with van der Waals surface area (Å²) in [4.78, 5) is 25.2. The molecule has 0 saturated heterocycles. The number of amides is 2. The summed E-state index contributed by atoms with van der Waals surface area (Å²) < 4.78 is 14.9. The van der Waals surface area contributed by atoms with Crippen LogP contribution in [0.25, 0.3) is 0 Å². The lowest BCUT2D eigenvalue weighted by atomic mass is 10.0. The van der Waals surface area contributed by atoms with E-state index in [1.54, 1.807) is 12.1 Å². The quantitative estimate of drug-likeness (QED) is 0.356. The summed E-state index contributed by atoms with van der Waals surface area (Å²) in [7, 11) is 0. The minimum atomic E-state index is -0.420. The molecule has 3 aromatic rings. The number of aromatic nitrogens is 3. The summed E-state index contributed by atoms with van der Waals surface area (Å²) in [6.45, 7) is 6.43. The van der Waals surface area contributed by atoms with Gasteiger partial charge in [0.2, 0.25) is 5.91 Å². The highest BCUT2D eigenvalue weighted by molar-refractivity contribution is 7.99. The molecular weight excluding hydrogens is 500 g/mol. The number of carbonyl (C=O) groups excluding carboxylic acids is 2. The fourth-order valence-corrected chi connectivity index (χ4v) is 4.29. The Morgan fingerprint density at radius 3 is 2.41 bits per heavy atom. The van der Waals surface area contributed by atoms with Gasteiger partial charge in [-0.2, -0.15) is 0 Å². The molecule has 7 nitrogen and oxygen atoms in total. The molecular formula is C23H24Cl2FN5O2S. The highest BCUT2D eigenvalue weighted by Gasteiger charge is 2.26. The first-order valence-corrected chi connectivity index (χ1v) is 12.3. The van der Waals surface area contributed by atoms with Crippen LogP contribution in [0.5, 0.6) is 0 Å². The lowest BCUT2D eigenvalue weighted by Gasteiger charge is -2.22. The maximum absolute atomic E-state index is 13.0. The predicted molar refractivity (Wildman–Crippen MR) is 133 cm³/mol. The van der Waals surface area contributed by atoms with E-state index >= 15 is 0 Å². The molecule has 1 atom stereocenters. The zero-order chi connectivity index (χ0) is 24.8. The Morgan fingerprint density at radius 1 is 1.09 bits per heavy atom. The van der Waals surface area contributed by atoms with Gasteiger partial charge in [0, 0.05) is 17.8 Å². The highest BCUT2D eigenvalue weighted by Crippen LogP contribution is 2.27. The second-order valence-electron chi connectivity index (χ2n) is 7.75. The van der Waals surface area contributed by atoms with Crippen LogP contribution in [-0.2, 0) is 11.3 Å². The third-order valence-electron chi connectivity index (χ3n) is 4.94. The van der Waals surface area contributed by atoms with Crippen LogP contribution in [0.15, 0.2) is 47.6 Å². The minimum absolute atomic E-state index is 0.0147. The Hall–Kier alpha value is -2.62. The van der Waals surface area contributed by atoms with Crippen molar-refractivity contribution in [3.05, 3.63) is 69.7 Å². The van der Waals surface area contributed by atoms with E-state index < -0.39 is 6.04 Å². The van der Waals surface area contributed by atoms with E-state index in [4.69, 9.17) is 23.2 Å². The van der Waals surface area contributed by atoms with Crippen molar-refractivity contribution in [2.45, 2.75) is 38.5 Å². The molecule has 0 saturated carbocycles. The molecule has 0 bridgehead atoms. The topological polar surface area (TPSA) is 88.9 Å². The fraction of sp³-hybridized carbons (Fsp3) is 0.304. The van der Waals surface area contributed by atoms with E-state index in [2.05, 4.69) is 20.8 Å². The molecule has 0 aliphatic rings. The Bertz CT molecular complexity index is 1170. The van der Waals surface area contributed by atoms with E-state index in [-0.39, 0.29) is 29.3 Å². The van der Waals surface area contributed by atoms with Crippen LogP contribution in [0.4, 0.5) is 10.1 Å². The van der Waals surface area contributed by atoms with Crippen molar-refractivity contribution in [2.24, 2.45) is 5.92 Å². The van der Waals surface area contributed by atoms with Crippen molar-refractivity contribution < 1.29 is 14.0 Å². The van der Waals surface area contributed by atoms with Crippen LogP contribution in [0, 0.1) is 11.7 Å². The highest BCUT2D eigenvalue weighted by atomic mass is 35.5. The second-order valence-corrected chi connectivity index (χ2v) is 9.51. The van der Waals surface area contributed by atoms with E-state index in [1.807, 2.05) is 25.3 Å². The first-order valence-electron chi connectivity index (χ1n) is 10.6. The van der Waals surface area contributed by atoms with Crippen molar-refractivity contribution >= 4 is 52.5 Å². The van der Waals surface area contributed by atoms with Crippen LogP contribution < -0.4 is 10.6 Å². The van der Waals surface area contributed by atoms with Crippen molar-refractivity contribution in [2.75, 3.05) is 11.1 Å². The summed E-state index contributed by atoms with van der Waals surface area (Å²) >= 11 is 13.2. The van der Waals surface area contributed by atoms with Gasteiger partial charge >= 0.3 is 0 Å². The molecule has 2 N–H and O–H groups in total. The number of anilines is 1. The van der Waals surface area contributed by atoms with E-state index in [1.165, 1.54) is 42.1 Å². The molecule has 34 heavy (non-hydrogen) atoms. The Labute approximate surface area is 211 Å². The van der Waals surface area contributed by atoms with Gasteiger partial charge in [-0.05, 0) is 55.3 Å². The molecule has 0 fully saturated rings. The molecule has 2 aromatic carbocycles. The van der Waals surface area contributed by atoms with E-state index in [0.29, 0.717) is 38.8 Å². The third kappa shape index (κ3) is 6.49. The fourth-order valence-electron chi connectivity index (χ4n) is 3.19. The molecule has 0 unspecified atom stereocenters. The molecule has 1 aromatic heterocycles. The van der Waals surface area contributed by atoms with Gasteiger partial charge in [-0.25, -0.2) is 4.39 Å². The largest absolute Gasteiger partial charge is 0.342 e. The van der Waals surface area contributed by atoms with Gasteiger partial charge in [-0.1, -0.05) is 48.8 Å². The molecule has 1 heterocycles. The molecule has 2 amide bonds. The number of hydrogen-bond donors (Lipinski definition) is 2. The minimum Gasteiger partial charge on any atom is -0.342 e. The van der Waals surface area contributed by atoms with E-state index in [0.717, 1.165) is 0 Å². The number of carbonyl (C=O) groups is 2. The number of hydrogen-bond acceptors (Lipinski definition) is 5. The van der Waals surface area contributed by atoms with Crippen LogP contribution in [0.2, 0.25) is 10.0 Å². The molecule has 180 valence electrons. The van der Waals surface area contributed by atoms with Gasteiger partial charge in [-0.15, -0.1) is 10.2 Å².